The molecule has 2 saturated heterocycles. The summed E-state index contributed by atoms with van der Waals surface area (Å²) in [6.07, 6.45) is 6.47. The van der Waals surface area contributed by atoms with Crippen LogP contribution in [0.15, 0.2) is 18.3 Å². The van der Waals surface area contributed by atoms with Crippen LogP contribution in [-0.4, -0.2) is 67.1 Å². The van der Waals surface area contributed by atoms with Gasteiger partial charge in [0.2, 0.25) is 5.91 Å². The van der Waals surface area contributed by atoms with Gasteiger partial charge in [-0.3, -0.25) is 9.59 Å². The summed E-state index contributed by atoms with van der Waals surface area (Å²) in [6, 6.07) is 3.70. The molecular formula is C20H30N4O3. The molecule has 1 N–H and O–H groups in total. The van der Waals surface area contributed by atoms with Gasteiger partial charge in [-0.05, 0) is 31.4 Å². The van der Waals surface area contributed by atoms with E-state index in [1.165, 1.54) is 0 Å². The predicted octanol–water partition coefficient (Wildman–Crippen LogP) is 1.83. The van der Waals surface area contributed by atoms with Crippen LogP contribution in [0.4, 0.5) is 5.82 Å². The summed E-state index contributed by atoms with van der Waals surface area (Å²) in [4.78, 5) is 32.9. The van der Waals surface area contributed by atoms with Gasteiger partial charge in [0.15, 0.2) is 0 Å². The second-order valence-electron chi connectivity index (χ2n) is 7.22. The van der Waals surface area contributed by atoms with Gasteiger partial charge in [-0.1, -0.05) is 13.3 Å². The number of nitrogens with one attached hydrogen (secondary N) is 1. The van der Waals surface area contributed by atoms with Gasteiger partial charge < -0.3 is 19.9 Å². The maximum atomic E-state index is 12.2. The SMILES string of the molecule is CCCCC(=O)N1CCN(c2ccc(C(=O)NCC3CCCO3)cn2)CC1. The van der Waals surface area contributed by atoms with Gasteiger partial charge in [0.25, 0.3) is 5.91 Å². The monoisotopic (exact) mass is 374 g/mol. The molecule has 1 atom stereocenters. The minimum absolute atomic E-state index is 0.115. The van der Waals surface area contributed by atoms with Crippen molar-refractivity contribution in [3.8, 4) is 0 Å². The van der Waals surface area contributed by atoms with Gasteiger partial charge in [0, 0.05) is 51.9 Å². The lowest BCUT2D eigenvalue weighted by atomic mass is 10.2. The van der Waals surface area contributed by atoms with Crippen molar-refractivity contribution < 1.29 is 14.3 Å². The fourth-order valence-electron chi connectivity index (χ4n) is 3.49. The highest BCUT2D eigenvalue weighted by Crippen LogP contribution is 2.15. The molecule has 1 aromatic heterocycles. The molecule has 2 fully saturated rings. The zero-order valence-electron chi connectivity index (χ0n) is 16.2. The van der Waals surface area contributed by atoms with Crippen molar-refractivity contribution in [2.24, 2.45) is 0 Å². The Hall–Kier alpha value is -2.15. The summed E-state index contributed by atoms with van der Waals surface area (Å²) in [5.74, 6) is 0.991. The quantitative estimate of drug-likeness (QED) is 0.788. The van der Waals surface area contributed by atoms with Gasteiger partial charge in [-0.15, -0.1) is 0 Å². The fraction of sp³-hybridized carbons (Fsp3) is 0.650. The Morgan fingerprint density at radius 3 is 2.70 bits per heavy atom. The number of nitrogens with zero attached hydrogens (tertiary/aromatic N) is 3. The van der Waals surface area contributed by atoms with E-state index in [0.29, 0.717) is 18.5 Å². The molecule has 0 aromatic carbocycles. The standard InChI is InChI=1S/C20H30N4O3/c1-2-3-6-19(25)24-11-9-23(10-12-24)18-8-7-16(14-21-18)20(26)22-15-17-5-4-13-27-17/h7-8,14,17H,2-6,9-13,15H2,1H3,(H,22,26). The summed E-state index contributed by atoms with van der Waals surface area (Å²) in [6.45, 7) is 6.44. The molecule has 0 saturated carbocycles. The van der Waals surface area contributed by atoms with Crippen molar-refractivity contribution in [2.75, 3.05) is 44.2 Å². The number of piperazine rings is 1. The third kappa shape index (κ3) is 5.42. The number of hydrogen-bond donors (Lipinski definition) is 1. The predicted molar refractivity (Wildman–Crippen MR) is 104 cm³/mol. The average Bonchev–Trinajstić information content (AvgIpc) is 3.24. The van der Waals surface area contributed by atoms with Crippen LogP contribution in [0.5, 0.6) is 0 Å². The molecule has 1 aromatic rings. The fourth-order valence-corrected chi connectivity index (χ4v) is 3.49. The number of carbonyl (C=O) groups is 2. The summed E-state index contributed by atoms with van der Waals surface area (Å²) >= 11 is 0. The molecule has 0 bridgehead atoms. The normalized spacial score (nSPS) is 20.0. The summed E-state index contributed by atoms with van der Waals surface area (Å²) < 4.78 is 5.52. The summed E-state index contributed by atoms with van der Waals surface area (Å²) in [5.41, 5.74) is 0.560. The Kier molecular flexibility index (Phi) is 7.04. The zero-order chi connectivity index (χ0) is 19.1. The smallest absolute Gasteiger partial charge is 0.252 e. The van der Waals surface area contributed by atoms with Crippen LogP contribution in [0, 0.1) is 0 Å². The van der Waals surface area contributed by atoms with Gasteiger partial charge in [-0.25, -0.2) is 4.98 Å². The van der Waals surface area contributed by atoms with Crippen LogP contribution in [0.25, 0.3) is 0 Å². The minimum Gasteiger partial charge on any atom is -0.376 e. The molecule has 3 rings (SSSR count). The van der Waals surface area contributed by atoms with E-state index in [2.05, 4.69) is 22.1 Å². The Morgan fingerprint density at radius 2 is 2.07 bits per heavy atom. The molecule has 1 unspecified atom stereocenters. The zero-order valence-corrected chi connectivity index (χ0v) is 16.2. The third-order valence-electron chi connectivity index (χ3n) is 5.22. The van der Waals surface area contributed by atoms with Gasteiger partial charge >= 0.3 is 0 Å². The number of unbranched alkanes of at least 4 members (excludes halogenated alkanes) is 1. The highest BCUT2D eigenvalue weighted by Gasteiger charge is 2.22. The second kappa shape index (κ2) is 9.69. The molecule has 27 heavy (non-hydrogen) atoms. The molecule has 2 amide bonds. The van der Waals surface area contributed by atoms with Crippen molar-refractivity contribution in [1.82, 2.24) is 15.2 Å². The molecule has 7 heteroatoms. The lowest BCUT2D eigenvalue weighted by molar-refractivity contribution is -0.131. The molecule has 2 aliphatic heterocycles. The maximum absolute atomic E-state index is 12.2. The number of aromatic nitrogens is 1. The van der Waals surface area contributed by atoms with Crippen LogP contribution in [0.1, 0.15) is 49.4 Å². The second-order valence-corrected chi connectivity index (χ2v) is 7.22. The Balaban J connectivity index is 1.46. The first-order valence-electron chi connectivity index (χ1n) is 10.1. The number of anilines is 1. The first kappa shape index (κ1) is 19.6. The molecule has 0 radical (unpaired) electrons. The van der Waals surface area contributed by atoms with Crippen molar-refractivity contribution in [2.45, 2.75) is 45.1 Å². The van der Waals surface area contributed by atoms with Gasteiger partial charge in [-0.2, -0.15) is 0 Å². The Labute approximate surface area is 161 Å². The average molecular weight is 374 g/mol. The Bertz CT molecular complexity index is 621. The van der Waals surface area contributed by atoms with E-state index in [0.717, 1.165) is 64.3 Å². The van der Waals surface area contributed by atoms with E-state index in [9.17, 15) is 9.59 Å². The molecule has 2 aliphatic rings. The van der Waals surface area contributed by atoms with E-state index in [1.807, 2.05) is 17.0 Å². The first-order chi connectivity index (χ1) is 13.2. The van der Waals surface area contributed by atoms with Crippen molar-refractivity contribution in [3.05, 3.63) is 23.9 Å². The number of carbonyl (C=O) groups excluding carboxylic acids is 2. The lowest BCUT2D eigenvalue weighted by Gasteiger charge is -2.35. The van der Waals surface area contributed by atoms with Gasteiger partial charge in [0.1, 0.15) is 5.82 Å². The van der Waals surface area contributed by atoms with Crippen LogP contribution < -0.4 is 10.2 Å². The number of amides is 2. The molecule has 3 heterocycles. The number of ether oxygens (including phenoxy) is 1. The largest absolute Gasteiger partial charge is 0.376 e. The number of pyridine rings is 1. The Morgan fingerprint density at radius 1 is 1.26 bits per heavy atom. The topological polar surface area (TPSA) is 74.8 Å². The third-order valence-corrected chi connectivity index (χ3v) is 5.22. The van der Waals surface area contributed by atoms with E-state index in [1.54, 1.807) is 6.20 Å². The highest BCUT2D eigenvalue weighted by atomic mass is 16.5. The number of hydrogen-bond acceptors (Lipinski definition) is 5. The van der Waals surface area contributed by atoms with Gasteiger partial charge in [0.05, 0.1) is 11.7 Å². The minimum atomic E-state index is -0.115. The summed E-state index contributed by atoms with van der Waals surface area (Å²) in [7, 11) is 0. The van der Waals surface area contributed by atoms with Crippen LogP contribution in [0.2, 0.25) is 0 Å². The van der Waals surface area contributed by atoms with E-state index in [-0.39, 0.29) is 17.9 Å². The van der Waals surface area contributed by atoms with E-state index >= 15 is 0 Å². The van der Waals surface area contributed by atoms with Crippen molar-refractivity contribution in [1.29, 1.82) is 0 Å². The van der Waals surface area contributed by atoms with Crippen molar-refractivity contribution in [3.63, 3.8) is 0 Å². The lowest BCUT2D eigenvalue weighted by Crippen LogP contribution is -2.49. The molecule has 148 valence electrons. The maximum Gasteiger partial charge on any atom is 0.252 e. The van der Waals surface area contributed by atoms with Crippen molar-refractivity contribution >= 4 is 17.6 Å². The van der Waals surface area contributed by atoms with Crippen LogP contribution in [-0.2, 0) is 9.53 Å². The molecule has 0 spiro atoms. The van der Waals surface area contributed by atoms with Crippen LogP contribution >= 0.6 is 0 Å². The number of rotatable bonds is 7. The highest BCUT2D eigenvalue weighted by molar-refractivity contribution is 5.94. The van der Waals surface area contributed by atoms with Crippen LogP contribution in [0.3, 0.4) is 0 Å². The summed E-state index contributed by atoms with van der Waals surface area (Å²) in [5, 5.41) is 2.91. The first-order valence-corrected chi connectivity index (χ1v) is 10.1. The van der Waals surface area contributed by atoms with E-state index in [4.69, 9.17) is 4.74 Å². The molecular weight excluding hydrogens is 344 g/mol. The molecule has 0 aliphatic carbocycles. The molecule has 7 nitrogen and oxygen atoms in total. The van der Waals surface area contributed by atoms with E-state index < -0.39 is 0 Å².